The second-order valence-electron chi connectivity index (χ2n) is 8.33. The fraction of sp³-hybridized carbons (Fsp3) is 0.458. The predicted molar refractivity (Wildman–Crippen MR) is 121 cm³/mol. The summed E-state index contributed by atoms with van der Waals surface area (Å²) in [6, 6.07) is 12.9. The summed E-state index contributed by atoms with van der Waals surface area (Å²) in [5.74, 6) is 0.462. The largest absolute Gasteiger partial charge is 0.494 e. The Labute approximate surface area is 184 Å². The van der Waals surface area contributed by atoms with Crippen LogP contribution in [0.1, 0.15) is 43.7 Å². The highest BCUT2D eigenvalue weighted by Crippen LogP contribution is 2.29. The number of hydrogen-bond acceptors (Lipinski definition) is 4. The molecule has 2 aliphatic rings. The first kappa shape index (κ1) is 21.8. The van der Waals surface area contributed by atoms with Crippen molar-refractivity contribution in [3.05, 3.63) is 53.6 Å². The molecule has 0 bridgehead atoms. The van der Waals surface area contributed by atoms with E-state index in [1.54, 1.807) is 6.07 Å². The van der Waals surface area contributed by atoms with Gasteiger partial charge in [-0.3, -0.25) is 4.79 Å². The van der Waals surface area contributed by atoms with Gasteiger partial charge in [-0.05, 0) is 73.9 Å². The molecule has 1 N–H and O–H groups in total. The number of carbonyl (C=O) groups excluding carboxylic acids is 1. The number of nitrogens with one attached hydrogen (secondary N) is 1. The lowest BCUT2D eigenvalue weighted by atomic mass is 9.97. The molecule has 166 valence electrons. The van der Waals surface area contributed by atoms with Gasteiger partial charge in [0, 0.05) is 30.8 Å². The number of ether oxygens (including phenoxy) is 1. The summed E-state index contributed by atoms with van der Waals surface area (Å²) in [6.07, 6.45) is 5.02. The average molecular weight is 443 g/mol. The van der Waals surface area contributed by atoms with Crippen LogP contribution in [0.15, 0.2) is 47.4 Å². The summed E-state index contributed by atoms with van der Waals surface area (Å²) >= 11 is 0. The van der Waals surface area contributed by atoms with Crippen molar-refractivity contribution in [3.63, 3.8) is 0 Å². The average Bonchev–Trinajstić information content (AvgIpc) is 3.26. The quantitative estimate of drug-likeness (QED) is 0.703. The topological polar surface area (TPSA) is 75.7 Å². The van der Waals surface area contributed by atoms with E-state index in [1.807, 2.05) is 43.3 Å². The molecule has 1 aliphatic heterocycles. The van der Waals surface area contributed by atoms with Crippen LogP contribution in [0.25, 0.3) is 0 Å². The van der Waals surface area contributed by atoms with Gasteiger partial charge in [0.25, 0.3) is 0 Å². The minimum Gasteiger partial charge on any atom is -0.494 e. The third kappa shape index (κ3) is 4.93. The molecule has 0 saturated carbocycles. The molecular formula is C24H30N2O4S. The zero-order valence-electron chi connectivity index (χ0n) is 18.0. The number of piperidine rings is 1. The van der Waals surface area contributed by atoms with Gasteiger partial charge in [-0.1, -0.05) is 19.1 Å². The number of hydrogen-bond donors (Lipinski definition) is 1. The molecule has 0 unspecified atom stereocenters. The first-order chi connectivity index (χ1) is 15.0. The minimum atomic E-state index is -3.52. The Bertz CT molecular complexity index is 1040. The number of amides is 1. The molecule has 4 rings (SSSR count). The van der Waals surface area contributed by atoms with Gasteiger partial charge in [-0.25, -0.2) is 8.42 Å². The smallest absolute Gasteiger partial charge is 0.243 e. The van der Waals surface area contributed by atoms with Gasteiger partial charge in [0.2, 0.25) is 15.9 Å². The van der Waals surface area contributed by atoms with E-state index in [9.17, 15) is 13.2 Å². The summed E-state index contributed by atoms with van der Waals surface area (Å²) < 4.78 is 33.3. The molecule has 6 nitrogen and oxygen atoms in total. The Morgan fingerprint density at radius 2 is 1.87 bits per heavy atom. The highest BCUT2D eigenvalue weighted by Gasteiger charge is 2.32. The van der Waals surface area contributed by atoms with Gasteiger partial charge >= 0.3 is 0 Å². The van der Waals surface area contributed by atoms with Crippen LogP contribution in [0.4, 0.5) is 5.69 Å². The molecule has 2 aromatic rings. The molecule has 1 saturated heterocycles. The van der Waals surface area contributed by atoms with Crippen LogP contribution in [0.5, 0.6) is 5.75 Å². The number of carbonyl (C=O) groups is 1. The van der Waals surface area contributed by atoms with Crippen LogP contribution in [0.3, 0.4) is 0 Å². The molecule has 0 aromatic heterocycles. The first-order valence-corrected chi connectivity index (χ1v) is 12.6. The fourth-order valence-electron chi connectivity index (χ4n) is 4.34. The maximum Gasteiger partial charge on any atom is 0.243 e. The third-order valence-corrected chi connectivity index (χ3v) is 8.00. The maximum atomic E-state index is 13.1. The van der Waals surface area contributed by atoms with Gasteiger partial charge in [0.1, 0.15) is 5.75 Å². The van der Waals surface area contributed by atoms with Crippen LogP contribution in [0, 0.1) is 5.92 Å². The van der Waals surface area contributed by atoms with Crippen molar-refractivity contribution < 1.29 is 17.9 Å². The number of benzene rings is 2. The van der Waals surface area contributed by atoms with Crippen molar-refractivity contribution in [1.29, 1.82) is 0 Å². The van der Waals surface area contributed by atoms with E-state index in [0.717, 1.165) is 37.0 Å². The second kappa shape index (κ2) is 9.40. The molecule has 2 aromatic carbocycles. The van der Waals surface area contributed by atoms with Gasteiger partial charge in [0.05, 0.1) is 11.5 Å². The number of sulfonamides is 1. The van der Waals surface area contributed by atoms with Crippen LogP contribution in [-0.2, 0) is 27.7 Å². The van der Waals surface area contributed by atoms with E-state index in [4.69, 9.17) is 4.74 Å². The number of anilines is 1. The van der Waals surface area contributed by atoms with Gasteiger partial charge in [0.15, 0.2) is 0 Å². The van der Waals surface area contributed by atoms with Crippen molar-refractivity contribution in [2.24, 2.45) is 5.92 Å². The van der Waals surface area contributed by atoms with Crippen molar-refractivity contribution in [2.45, 2.75) is 50.3 Å². The molecule has 1 aliphatic carbocycles. The van der Waals surface area contributed by atoms with Crippen LogP contribution in [-0.4, -0.2) is 38.3 Å². The monoisotopic (exact) mass is 442 g/mol. The summed E-state index contributed by atoms with van der Waals surface area (Å²) in [4.78, 5) is 13.1. The lowest BCUT2D eigenvalue weighted by molar-refractivity contribution is -0.120. The van der Waals surface area contributed by atoms with E-state index in [1.165, 1.54) is 9.87 Å². The molecule has 0 atom stereocenters. The fourth-order valence-corrected chi connectivity index (χ4v) is 5.86. The molecule has 31 heavy (non-hydrogen) atoms. The highest BCUT2D eigenvalue weighted by molar-refractivity contribution is 7.89. The Hall–Kier alpha value is -2.38. The highest BCUT2D eigenvalue weighted by atomic mass is 32.2. The predicted octanol–water partition coefficient (Wildman–Crippen LogP) is 4.00. The van der Waals surface area contributed by atoms with E-state index in [-0.39, 0.29) is 11.8 Å². The van der Waals surface area contributed by atoms with Crippen molar-refractivity contribution >= 4 is 21.6 Å². The third-order valence-electron chi connectivity index (χ3n) is 6.11. The summed E-state index contributed by atoms with van der Waals surface area (Å²) in [5, 5.41) is 2.96. The Morgan fingerprint density at radius 3 is 2.65 bits per heavy atom. The molecule has 1 heterocycles. The van der Waals surface area contributed by atoms with Gasteiger partial charge in [-0.15, -0.1) is 0 Å². The summed E-state index contributed by atoms with van der Waals surface area (Å²) in [7, 11) is -3.52. The van der Waals surface area contributed by atoms with Crippen molar-refractivity contribution in [1.82, 2.24) is 4.31 Å². The van der Waals surface area contributed by atoms with Gasteiger partial charge < -0.3 is 10.1 Å². The van der Waals surface area contributed by atoms with E-state index >= 15 is 0 Å². The normalized spacial score (nSPS) is 17.3. The Balaban J connectivity index is 1.35. The standard InChI is InChI=1S/C24H30N2O4S/c1-2-15-30-22-8-4-7-21(17-22)25-24(27)19-11-13-26(14-12-19)31(28,29)23-10-9-18-5-3-6-20(18)16-23/h4,7-10,16-17,19H,2-3,5-6,11-15H2,1H3,(H,25,27). The molecule has 0 radical (unpaired) electrons. The van der Waals surface area contributed by atoms with E-state index in [0.29, 0.717) is 43.1 Å². The number of fused-ring (bicyclic) bond motifs is 1. The van der Waals surface area contributed by atoms with E-state index in [2.05, 4.69) is 5.32 Å². The Kier molecular flexibility index (Phi) is 6.62. The number of nitrogens with zero attached hydrogens (tertiary/aromatic N) is 1. The zero-order chi connectivity index (χ0) is 21.8. The molecule has 1 amide bonds. The Morgan fingerprint density at radius 1 is 1.10 bits per heavy atom. The van der Waals surface area contributed by atoms with E-state index < -0.39 is 10.0 Å². The second-order valence-corrected chi connectivity index (χ2v) is 10.3. The summed E-state index contributed by atoms with van der Waals surface area (Å²) in [5.41, 5.74) is 3.12. The number of aryl methyl sites for hydroxylation is 2. The summed E-state index contributed by atoms with van der Waals surface area (Å²) in [6.45, 7) is 3.39. The lowest BCUT2D eigenvalue weighted by Crippen LogP contribution is -2.41. The van der Waals surface area contributed by atoms with Crippen LogP contribution >= 0.6 is 0 Å². The zero-order valence-corrected chi connectivity index (χ0v) is 18.8. The van der Waals surface area contributed by atoms with Crippen molar-refractivity contribution in [2.75, 3.05) is 25.0 Å². The SMILES string of the molecule is CCCOc1cccc(NC(=O)C2CCN(S(=O)(=O)c3ccc4c(c3)CCC4)CC2)c1. The lowest BCUT2D eigenvalue weighted by Gasteiger charge is -2.30. The van der Waals surface area contributed by atoms with Crippen molar-refractivity contribution in [3.8, 4) is 5.75 Å². The first-order valence-electron chi connectivity index (χ1n) is 11.1. The van der Waals surface area contributed by atoms with Crippen LogP contribution < -0.4 is 10.1 Å². The maximum absolute atomic E-state index is 13.1. The molecule has 7 heteroatoms. The number of rotatable bonds is 7. The molecule has 0 spiro atoms. The van der Waals surface area contributed by atoms with Crippen LogP contribution in [0.2, 0.25) is 0 Å². The molecule has 1 fully saturated rings. The minimum absolute atomic E-state index is 0.0674. The molecular weight excluding hydrogens is 412 g/mol. The van der Waals surface area contributed by atoms with Gasteiger partial charge in [-0.2, -0.15) is 4.31 Å².